The van der Waals surface area contributed by atoms with Crippen LogP contribution in [0.15, 0.2) is 18.2 Å². The molecule has 0 aliphatic carbocycles. The van der Waals surface area contributed by atoms with Crippen molar-refractivity contribution in [2.24, 2.45) is 0 Å². The van der Waals surface area contributed by atoms with E-state index in [1.54, 1.807) is 13.0 Å². The molecule has 1 N–H and O–H groups in total. The minimum absolute atomic E-state index is 0.141. The maximum Gasteiger partial charge on any atom is 0.274 e. The van der Waals surface area contributed by atoms with Crippen molar-refractivity contribution in [3.63, 3.8) is 0 Å². The summed E-state index contributed by atoms with van der Waals surface area (Å²) in [7, 11) is 0. The SMILES string of the molecule is Cc1c(N2CCCC(O)C2)cccc1[N+](=O)[O-]. The molecule has 0 spiro atoms. The molecule has 17 heavy (non-hydrogen) atoms. The number of benzene rings is 1. The summed E-state index contributed by atoms with van der Waals surface area (Å²) in [5.41, 5.74) is 1.67. The molecule has 5 nitrogen and oxygen atoms in total. The molecule has 1 unspecified atom stereocenters. The summed E-state index contributed by atoms with van der Waals surface area (Å²) in [6, 6.07) is 5.08. The number of aliphatic hydroxyl groups is 1. The van der Waals surface area contributed by atoms with Gasteiger partial charge in [-0.05, 0) is 25.8 Å². The molecule has 92 valence electrons. The molecule has 0 amide bonds. The molecule has 1 aromatic rings. The van der Waals surface area contributed by atoms with Gasteiger partial charge in [0, 0.05) is 24.8 Å². The van der Waals surface area contributed by atoms with Crippen LogP contribution in [-0.2, 0) is 0 Å². The Hall–Kier alpha value is -1.62. The van der Waals surface area contributed by atoms with Gasteiger partial charge in [0.1, 0.15) is 0 Å². The summed E-state index contributed by atoms with van der Waals surface area (Å²) in [6.07, 6.45) is 1.40. The van der Waals surface area contributed by atoms with Gasteiger partial charge in [0.2, 0.25) is 0 Å². The second-order valence-electron chi connectivity index (χ2n) is 4.42. The minimum atomic E-state index is -0.362. The van der Waals surface area contributed by atoms with Gasteiger partial charge in [-0.3, -0.25) is 10.1 Å². The van der Waals surface area contributed by atoms with Crippen molar-refractivity contribution < 1.29 is 10.0 Å². The van der Waals surface area contributed by atoms with Crippen LogP contribution in [0.25, 0.3) is 0 Å². The van der Waals surface area contributed by atoms with E-state index in [-0.39, 0.29) is 16.7 Å². The summed E-state index contributed by atoms with van der Waals surface area (Å²) in [6.45, 7) is 3.16. The standard InChI is InChI=1S/C12H16N2O3/c1-9-11(5-2-6-12(9)14(16)17)13-7-3-4-10(15)8-13/h2,5-6,10,15H,3-4,7-8H2,1H3. The van der Waals surface area contributed by atoms with E-state index in [2.05, 4.69) is 0 Å². The zero-order chi connectivity index (χ0) is 12.4. The van der Waals surface area contributed by atoms with Crippen molar-refractivity contribution in [2.75, 3.05) is 18.0 Å². The van der Waals surface area contributed by atoms with Crippen LogP contribution in [0.1, 0.15) is 18.4 Å². The predicted molar refractivity (Wildman–Crippen MR) is 65.3 cm³/mol. The largest absolute Gasteiger partial charge is 0.391 e. The van der Waals surface area contributed by atoms with Crippen molar-refractivity contribution in [1.82, 2.24) is 0 Å². The summed E-state index contributed by atoms with van der Waals surface area (Å²) in [5.74, 6) is 0. The molecular formula is C12H16N2O3. The zero-order valence-electron chi connectivity index (χ0n) is 9.80. The molecule has 0 aromatic heterocycles. The molecule has 0 saturated carbocycles. The van der Waals surface area contributed by atoms with E-state index < -0.39 is 0 Å². The second kappa shape index (κ2) is 4.71. The number of piperidine rings is 1. The summed E-state index contributed by atoms with van der Waals surface area (Å²) in [4.78, 5) is 12.5. The number of nitro benzene ring substituents is 1. The second-order valence-corrected chi connectivity index (χ2v) is 4.42. The smallest absolute Gasteiger partial charge is 0.274 e. The number of anilines is 1. The van der Waals surface area contributed by atoms with Crippen LogP contribution in [0.2, 0.25) is 0 Å². The van der Waals surface area contributed by atoms with Crippen LogP contribution in [-0.4, -0.2) is 29.2 Å². The molecule has 0 bridgehead atoms. The highest BCUT2D eigenvalue weighted by atomic mass is 16.6. The van der Waals surface area contributed by atoms with Crippen LogP contribution in [0, 0.1) is 17.0 Å². The Morgan fingerprint density at radius 2 is 2.29 bits per heavy atom. The minimum Gasteiger partial charge on any atom is -0.391 e. The van der Waals surface area contributed by atoms with Crippen LogP contribution >= 0.6 is 0 Å². The molecule has 1 aliphatic rings. The number of aliphatic hydroxyl groups excluding tert-OH is 1. The lowest BCUT2D eigenvalue weighted by molar-refractivity contribution is -0.385. The van der Waals surface area contributed by atoms with E-state index in [9.17, 15) is 15.2 Å². The maximum atomic E-state index is 10.9. The first-order valence-corrected chi connectivity index (χ1v) is 5.76. The third-order valence-electron chi connectivity index (χ3n) is 3.21. The highest BCUT2D eigenvalue weighted by Crippen LogP contribution is 2.29. The first kappa shape index (κ1) is 11.9. The lowest BCUT2D eigenvalue weighted by Crippen LogP contribution is -2.38. The number of nitrogens with zero attached hydrogens (tertiary/aromatic N) is 2. The van der Waals surface area contributed by atoms with Crippen LogP contribution < -0.4 is 4.90 Å². The molecule has 1 atom stereocenters. The molecule has 0 radical (unpaired) electrons. The Bertz CT molecular complexity index is 434. The average molecular weight is 236 g/mol. The van der Waals surface area contributed by atoms with Gasteiger partial charge in [0.05, 0.1) is 16.6 Å². The lowest BCUT2D eigenvalue weighted by Gasteiger charge is -2.32. The van der Waals surface area contributed by atoms with Crippen LogP contribution in [0.4, 0.5) is 11.4 Å². The van der Waals surface area contributed by atoms with E-state index in [0.717, 1.165) is 25.1 Å². The molecule has 1 aromatic carbocycles. The Morgan fingerprint density at radius 1 is 1.53 bits per heavy atom. The Balaban J connectivity index is 2.32. The number of nitro groups is 1. The van der Waals surface area contributed by atoms with Gasteiger partial charge >= 0.3 is 0 Å². The summed E-state index contributed by atoms with van der Waals surface area (Å²) in [5, 5.41) is 20.5. The van der Waals surface area contributed by atoms with Gasteiger partial charge in [0.25, 0.3) is 5.69 Å². The monoisotopic (exact) mass is 236 g/mol. The van der Waals surface area contributed by atoms with Gasteiger partial charge in [-0.15, -0.1) is 0 Å². The van der Waals surface area contributed by atoms with Gasteiger partial charge in [0.15, 0.2) is 0 Å². The van der Waals surface area contributed by atoms with E-state index in [1.165, 1.54) is 6.07 Å². The van der Waals surface area contributed by atoms with Crippen molar-refractivity contribution >= 4 is 11.4 Å². The molecule has 5 heteroatoms. The van der Waals surface area contributed by atoms with Gasteiger partial charge in [-0.2, -0.15) is 0 Å². The number of rotatable bonds is 2. The van der Waals surface area contributed by atoms with Gasteiger partial charge in [-0.1, -0.05) is 6.07 Å². The fourth-order valence-corrected chi connectivity index (χ4v) is 2.33. The Morgan fingerprint density at radius 3 is 2.94 bits per heavy atom. The fourth-order valence-electron chi connectivity index (χ4n) is 2.33. The van der Waals surface area contributed by atoms with Gasteiger partial charge in [-0.25, -0.2) is 0 Å². The Labute approximate surface area is 99.8 Å². The number of hydrogen-bond acceptors (Lipinski definition) is 4. The van der Waals surface area contributed by atoms with Crippen LogP contribution in [0.3, 0.4) is 0 Å². The topological polar surface area (TPSA) is 66.6 Å². The summed E-state index contributed by atoms with van der Waals surface area (Å²) < 4.78 is 0. The normalized spacial score (nSPS) is 20.4. The van der Waals surface area contributed by atoms with Crippen molar-refractivity contribution in [3.8, 4) is 0 Å². The Kier molecular flexibility index (Phi) is 3.28. The first-order chi connectivity index (χ1) is 8.09. The van der Waals surface area contributed by atoms with E-state index in [0.29, 0.717) is 12.1 Å². The first-order valence-electron chi connectivity index (χ1n) is 5.76. The maximum absolute atomic E-state index is 10.9. The molecular weight excluding hydrogens is 220 g/mol. The fraction of sp³-hybridized carbons (Fsp3) is 0.500. The quantitative estimate of drug-likeness (QED) is 0.628. The summed E-state index contributed by atoms with van der Waals surface area (Å²) >= 11 is 0. The van der Waals surface area contributed by atoms with Crippen molar-refractivity contribution in [3.05, 3.63) is 33.9 Å². The van der Waals surface area contributed by atoms with Crippen molar-refractivity contribution in [2.45, 2.75) is 25.9 Å². The number of hydrogen-bond donors (Lipinski definition) is 1. The average Bonchev–Trinajstić information content (AvgIpc) is 2.29. The van der Waals surface area contributed by atoms with Gasteiger partial charge < -0.3 is 10.0 Å². The lowest BCUT2D eigenvalue weighted by atomic mass is 10.0. The molecule has 2 rings (SSSR count). The third-order valence-corrected chi connectivity index (χ3v) is 3.21. The van der Waals surface area contributed by atoms with Crippen LogP contribution in [0.5, 0.6) is 0 Å². The molecule has 1 heterocycles. The van der Waals surface area contributed by atoms with E-state index in [4.69, 9.17) is 0 Å². The molecule has 1 aliphatic heterocycles. The van der Waals surface area contributed by atoms with E-state index >= 15 is 0 Å². The highest BCUT2D eigenvalue weighted by Gasteiger charge is 2.22. The molecule has 1 fully saturated rings. The number of β-amino-alcohol motifs (C(OH)–C–C–N with tert-alkyl or cyclic N) is 1. The van der Waals surface area contributed by atoms with E-state index in [1.807, 2.05) is 11.0 Å². The molecule has 1 saturated heterocycles. The van der Waals surface area contributed by atoms with Crippen molar-refractivity contribution in [1.29, 1.82) is 0 Å². The highest BCUT2D eigenvalue weighted by molar-refractivity contribution is 5.61. The predicted octanol–water partition coefficient (Wildman–Crippen LogP) is 1.86. The third kappa shape index (κ3) is 2.39. The zero-order valence-corrected chi connectivity index (χ0v) is 9.80.